The van der Waals surface area contributed by atoms with Crippen molar-refractivity contribution in [2.24, 2.45) is 0 Å². The highest BCUT2D eigenvalue weighted by molar-refractivity contribution is 7.98. The second-order valence-corrected chi connectivity index (χ2v) is 5.72. The number of benzene rings is 2. The lowest BCUT2D eigenvalue weighted by Gasteiger charge is -2.04. The summed E-state index contributed by atoms with van der Waals surface area (Å²) in [5.74, 6) is -1.73. The smallest absolute Gasteiger partial charge is 0.378 e. The molecule has 1 N–H and O–H groups in total. The number of aliphatic carboxylic acids is 1. The fourth-order valence-corrected chi connectivity index (χ4v) is 2.75. The molecule has 0 heterocycles. The Morgan fingerprint density at radius 2 is 1.62 bits per heavy atom. The molecule has 0 bridgehead atoms. The molecule has 3 nitrogen and oxygen atoms in total. The van der Waals surface area contributed by atoms with Crippen LogP contribution in [0.15, 0.2) is 59.5 Å². The van der Waals surface area contributed by atoms with Crippen LogP contribution in [0, 0.1) is 0 Å². The summed E-state index contributed by atoms with van der Waals surface area (Å²) in [7, 11) is 0. The van der Waals surface area contributed by atoms with Crippen molar-refractivity contribution in [1.82, 2.24) is 0 Å². The van der Waals surface area contributed by atoms with Gasteiger partial charge in [-0.1, -0.05) is 54.7 Å². The van der Waals surface area contributed by atoms with Gasteiger partial charge in [0.2, 0.25) is 0 Å². The number of thiocarbonyl (C=S) groups is 1. The van der Waals surface area contributed by atoms with Crippen molar-refractivity contribution >= 4 is 40.6 Å². The van der Waals surface area contributed by atoms with Gasteiger partial charge in [-0.2, -0.15) is 0 Å². The topological polar surface area (TPSA) is 54.4 Å². The molecule has 0 saturated heterocycles. The Morgan fingerprint density at radius 1 is 1.00 bits per heavy atom. The van der Waals surface area contributed by atoms with Crippen molar-refractivity contribution in [2.45, 2.75) is 10.6 Å². The quantitative estimate of drug-likeness (QED) is 0.383. The van der Waals surface area contributed by atoms with E-state index in [0.717, 1.165) is 10.6 Å². The number of rotatable bonds is 6. The van der Waals surface area contributed by atoms with E-state index >= 15 is 0 Å². The Morgan fingerprint density at radius 3 is 2.19 bits per heavy atom. The third kappa shape index (κ3) is 4.24. The summed E-state index contributed by atoms with van der Waals surface area (Å²) < 4.78 is 0. The Labute approximate surface area is 132 Å². The molecule has 0 aliphatic rings. The van der Waals surface area contributed by atoms with E-state index in [4.69, 9.17) is 17.3 Å². The second-order valence-electron chi connectivity index (χ2n) is 4.26. The molecule has 2 aromatic carbocycles. The van der Waals surface area contributed by atoms with Crippen LogP contribution in [0.5, 0.6) is 0 Å². The van der Waals surface area contributed by atoms with E-state index < -0.39 is 11.8 Å². The number of carbonyl (C=O) groups excluding carboxylic acids is 1. The van der Waals surface area contributed by atoms with Crippen molar-refractivity contribution in [3.05, 3.63) is 65.7 Å². The molecule has 0 spiro atoms. The number of thioether (sulfide) groups is 1. The van der Waals surface area contributed by atoms with Gasteiger partial charge in [-0.25, -0.2) is 4.79 Å². The summed E-state index contributed by atoms with van der Waals surface area (Å²) in [6.45, 7) is 0. The van der Waals surface area contributed by atoms with Crippen molar-refractivity contribution in [3.8, 4) is 0 Å². The maximum Gasteiger partial charge on any atom is 0.378 e. The minimum Gasteiger partial charge on any atom is -0.475 e. The van der Waals surface area contributed by atoms with E-state index in [2.05, 4.69) is 12.1 Å². The van der Waals surface area contributed by atoms with Gasteiger partial charge in [-0.15, -0.1) is 11.8 Å². The van der Waals surface area contributed by atoms with Crippen molar-refractivity contribution in [1.29, 1.82) is 0 Å². The molecule has 0 saturated carbocycles. The van der Waals surface area contributed by atoms with Crippen LogP contribution in [0.4, 0.5) is 0 Å². The zero-order valence-corrected chi connectivity index (χ0v) is 12.6. The van der Waals surface area contributed by atoms with Gasteiger partial charge in [0.1, 0.15) is 0 Å². The van der Waals surface area contributed by atoms with E-state index in [0.29, 0.717) is 5.56 Å². The lowest BCUT2D eigenvalue weighted by atomic mass is 10.1. The fraction of sp³-hybridized carbons (Fsp3) is 0.0625. The Balaban J connectivity index is 2.01. The molecule has 21 heavy (non-hydrogen) atoms. The molecule has 2 rings (SSSR count). The summed E-state index contributed by atoms with van der Waals surface area (Å²) in [6, 6.07) is 17.1. The number of hydrogen-bond acceptors (Lipinski definition) is 4. The molecule has 0 fully saturated rings. The standard InChI is InChI=1S/C16H12O3S2/c17-14(16(18)19)15(20)12-6-8-13(9-7-12)21-10-11-4-2-1-3-5-11/h1-9H,10H2,(H,18,19). The third-order valence-electron chi connectivity index (χ3n) is 2.77. The number of carboxylic acid groups (broad SMARTS) is 1. The highest BCUT2D eigenvalue weighted by Gasteiger charge is 2.18. The van der Waals surface area contributed by atoms with Crippen LogP contribution in [0.1, 0.15) is 11.1 Å². The molecule has 0 aliphatic carbocycles. The highest BCUT2D eigenvalue weighted by Crippen LogP contribution is 2.23. The first kappa shape index (κ1) is 15.4. The SMILES string of the molecule is O=C(O)C(=O)C(=S)c1ccc(SCc2ccccc2)cc1. The third-order valence-corrected chi connectivity index (χ3v) is 4.27. The average molecular weight is 316 g/mol. The fourth-order valence-electron chi connectivity index (χ4n) is 1.67. The summed E-state index contributed by atoms with van der Waals surface area (Å²) in [6.07, 6.45) is 0. The zero-order valence-electron chi connectivity index (χ0n) is 11.0. The maximum atomic E-state index is 11.3. The van der Waals surface area contributed by atoms with Crippen LogP contribution < -0.4 is 0 Å². The monoisotopic (exact) mass is 316 g/mol. The molecule has 0 atom stereocenters. The molecule has 106 valence electrons. The molecular formula is C16H12O3S2. The van der Waals surface area contributed by atoms with Crippen LogP contribution in [0.25, 0.3) is 0 Å². The number of ketones is 1. The molecule has 0 aliphatic heterocycles. The molecular weight excluding hydrogens is 304 g/mol. The van der Waals surface area contributed by atoms with Crippen molar-refractivity contribution < 1.29 is 14.7 Å². The van der Waals surface area contributed by atoms with Gasteiger partial charge in [0.25, 0.3) is 5.78 Å². The minimum absolute atomic E-state index is 0.165. The van der Waals surface area contributed by atoms with E-state index in [1.54, 1.807) is 23.9 Å². The Bertz CT molecular complexity index is 664. The van der Waals surface area contributed by atoms with Crippen LogP contribution >= 0.6 is 24.0 Å². The minimum atomic E-state index is -1.53. The van der Waals surface area contributed by atoms with Gasteiger partial charge in [-0.3, -0.25) is 4.79 Å². The van der Waals surface area contributed by atoms with Crippen LogP contribution in [-0.2, 0) is 15.3 Å². The first-order chi connectivity index (χ1) is 10.1. The molecule has 5 heteroatoms. The summed E-state index contributed by atoms with van der Waals surface area (Å²) in [5.41, 5.74) is 1.68. The van der Waals surface area contributed by atoms with Gasteiger partial charge in [0.15, 0.2) is 0 Å². The van der Waals surface area contributed by atoms with Gasteiger partial charge >= 0.3 is 5.97 Å². The number of carbonyl (C=O) groups is 2. The van der Waals surface area contributed by atoms with Crippen molar-refractivity contribution in [2.75, 3.05) is 0 Å². The highest BCUT2D eigenvalue weighted by atomic mass is 32.2. The summed E-state index contributed by atoms with van der Waals surface area (Å²) in [5, 5.41) is 8.64. The lowest BCUT2D eigenvalue weighted by Crippen LogP contribution is -2.22. The largest absolute Gasteiger partial charge is 0.475 e. The molecule has 0 aromatic heterocycles. The predicted octanol–water partition coefficient (Wildman–Crippen LogP) is 3.35. The zero-order chi connectivity index (χ0) is 15.2. The van der Waals surface area contributed by atoms with Gasteiger partial charge in [-0.05, 0) is 23.3 Å². The normalized spacial score (nSPS) is 10.1. The predicted molar refractivity (Wildman–Crippen MR) is 86.8 cm³/mol. The first-order valence-corrected chi connectivity index (χ1v) is 7.56. The summed E-state index contributed by atoms with van der Waals surface area (Å²) >= 11 is 6.53. The first-order valence-electron chi connectivity index (χ1n) is 6.16. The summed E-state index contributed by atoms with van der Waals surface area (Å²) in [4.78, 5) is 22.8. The second kappa shape index (κ2) is 7.15. The van der Waals surface area contributed by atoms with Gasteiger partial charge < -0.3 is 5.11 Å². The lowest BCUT2D eigenvalue weighted by molar-refractivity contribution is -0.145. The Hall–Kier alpha value is -1.98. The molecule has 0 amide bonds. The average Bonchev–Trinajstić information content (AvgIpc) is 2.53. The number of hydrogen-bond donors (Lipinski definition) is 1. The maximum absolute atomic E-state index is 11.3. The number of Topliss-reactive ketones (excluding diaryl/α,β-unsaturated/α-hetero) is 1. The molecule has 0 radical (unpaired) electrons. The van der Waals surface area contributed by atoms with E-state index in [1.165, 1.54) is 5.56 Å². The van der Waals surface area contributed by atoms with E-state index in [1.807, 2.05) is 30.3 Å². The molecule has 2 aromatic rings. The number of carboxylic acids is 1. The van der Waals surface area contributed by atoms with Crippen LogP contribution in [0.3, 0.4) is 0 Å². The molecule has 0 unspecified atom stereocenters. The van der Waals surface area contributed by atoms with Gasteiger partial charge in [0.05, 0.1) is 4.86 Å². The van der Waals surface area contributed by atoms with Crippen LogP contribution in [0.2, 0.25) is 0 Å². The van der Waals surface area contributed by atoms with E-state index in [-0.39, 0.29) is 4.86 Å². The van der Waals surface area contributed by atoms with Crippen molar-refractivity contribution in [3.63, 3.8) is 0 Å². The van der Waals surface area contributed by atoms with Gasteiger partial charge in [0, 0.05) is 10.6 Å². The Kier molecular flexibility index (Phi) is 5.25. The van der Waals surface area contributed by atoms with E-state index in [9.17, 15) is 9.59 Å². The van der Waals surface area contributed by atoms with Crippen LogP contribution in [-0.4, -0.2) is 21.7 Å².